The van der Waals surface area contributed by atoms with Crippen LogP contribution in [0, 0.1) is 19.7 Å². The summed E-state index contributed by atoms with van der Waals surface area (Å²) >= 11 is 3.02. The van der Waals surface area contributed by atoms with Gasteiger partial charge >= 0.3 is 5.97 Å². The molecule has 5 heteroatoms. The van der Waals surface area contributed by atoms with Crippen molar-refractivity contribution in [1.29, 1.82) is 0 Å². The van der Waals surface area contributed by atoms with Crippen LogP contribution in [0.2, 0.25) is 0 Å². The summed E-state index contributed by atoms with van der Waals surface area (Å²) in [6.07, 6.45) is 0. The highest BCUT2D eigenvalue weighted by atomic mass is 79.9. The summed E-state index contributed by atoms with van der Waals surface area (Å²) in [4.78, 5) is 12.7. The number of hydrogen-bond acceptors (Lipinski definition) is 2. The van der Waals surface area contributed by atoms with Gasteiger partial charge in [0.2, 0.25) is 0 Å². The van der Waals surface area contributed by atoms with Gasteiger partial charge in [0.1, 0.15) is 0 Å². The molecule has 2 aromatic rings. The third-order valence-corrected chi connectivity index (χ3v) is 4.02. The summed E-state index contributed by atoms with van der Waals surface area (Å²) in [5, 5.41) is 9.00. The highest BCUT2D eigenvalue weighted by Gasteiger charge is 2.18. The molecule has 0 bridgehead atoms. The first-order valence-electron chi connectivity index (χ1n) is 6.34. The molecule has 2 rings (SSSR count). The Morgan fingerprint density at radius 2 is 1.76 bits per heavy atom. The van der Waals surface area contributed by atoms with Crippen LogP contribution in [0.1, 0.15) is 21.5 Å². The number of nitrogens with zero attached hydrogens (tertiary/aromatic N) is 1. The Morgan fingerprint density at radius 1 is 1.19 bits per heavy atom. The summed E-state index contributed by atoms with van der Waals surface area (Å²) in [5.41, 5.74) is 3.24. The average Bonchev–Trinajstić information content (AvgIpc) is 2.39. The number of carboxylic acids is 1. The SMILES string of the molecule is Cc1cc(C)cc(N(C)c2ccc(C(=O)O)c(Br)c2F)c1. The standard InChI is InChI=1S/C16H15BrFNO2/c1-9-6-10(2)8-11(7-9)19(3)13-5-4-12(16(20)21)14(17)15(13)18/h4-8H,1-3H3,(H,20,21). The fourth-order valence-corrected chi connectivity index (χ4v) is 2.75. The number of carboxylic acid groups (broad SMARTS) is 1. The van der Waals surface area contributed by atoms with E-state index in [0.29, 0.717) is 5.69 Å². The van der Waals surface area contributed by atoms with Gasteiger partial charge < -0.3 is 10.0 Å². The van der Waals surface area contributed by atoms with Gasteiger partial charge in [0.05, 0.1) is 15.7 Å². The van der Waals surface area contributed by atoms with Gasteiger partial charge in [0, 0.05) is 12.7 Å². The second-order valence-corrected chi connectivity index (χ2v) is 5.76. The van der Waals surface area contributed by atoms with Crippen molar-refractivity contribution < 1.29 is 14.3 Å². The third-order valence-electron chi connectivity index (χ3n) is 3.25. The van der Waals surface area contributed by atoms with E-state index in [-0.39, 0.29) is 10.0 Å². The lowest BCUT2D eigenvalue weighted by Crippen LogP contribution is -2.13. The Morgan fingerprint density at radius 3 is 2.29 bits per heavy atom. The number of aryl methyl sites for hydroxylation is 2. The first-order chi connectivity index (χ1) is 9.81. The van der Waals surface area contributed by atoms with E-state index in [1.165, 1.54) is 12.1 Å². The Hall–Kier alpha value is -1.88. The largest absolute Gasteiger partial charge is 0.478 e. The lowest BCUT2D eigenvalue weighted by molar-refractivity contribution is 0.0695. The van der Waals surface area contributed by atoms with Crippen LogP contribution >= 0.6 is 15.9 Å². The van der Waals surface area contributed by atoms with Crippen LogP contribution in [0.3, 0.4) is 0 Å². The predicted molar refractivity (Wildman–Crippen MR) is 85.0 cm³/mol. The zero-order chi connectivity index (χ0) is 15.7. The molecule has 0 saturated carbocycles. The van der Waals surface area contributed by atoms with Crippen molar-refractivity contribution >= 4 is 33.3 Å². The van der Waals surface area contributed by atoms with Gasteiger partial charge in [-0.3, -0.25) is 0 Å². The zero-order valence-electron chi connectivity index (χ0n) is 11.9. The van der Waals surface area contributed by atoms with E-state index in [1.54, 1.807) is 11.9 Å². The molecule has 0 unspecified atom stereocenters. The van der Waals surface area contributed by atoms with E-state index >= 15 is 0 Å². The minimum atomic E-state index is -1.17. The molecule has 0 heterocycles. The van der Waals surface area contributed by atoms with Crippen molar-refractivity contribution in [3.05, 3.63) is 57.3 Å². The minimum Gasteiger partial charge on any atom is -0.478 e. The Kier molecular flexibility index (Phi) is 4.32. The molecule has 0 atom stereocenters. The molecule has 21 heavy (non-hydrogen) atoms. The molecule has 0 aromatic heterocycles. The molecule has 0 radical (unpaired) electrons. The van der Waals surface area contributed by atoms with E-state index in [2.05, 4.69) is 15.9 Å². The van der Waals surface area contributed by atoms with Crippen LogP contribution in [-0.2, 0) is 0 Å². The van der Waals surface area contributed by atoms with Gasteiger partial charge in [-0.2, -0.15) is 0 Å². The number of benzene rings is 2. The summed E-state index contributed by atoms with van der Waals surface area (Å²) < 4.78 is 14.4. The highest BCUT2D eigenvalue weighted by Crippen LogP contribution is 2.33. The van der Waals surface area contributed by atoms with Gasteiger partial charge in [-0.05, 0) is 65.2 Å². The fourth-order valence-electron chi connectivity index (χ4n) is 2.25. The van der Waals surface area contributed by atoms with Crippen molar-refractivity contribution in [2.45, 2.75) is 13.8 Å². The number of anilines is 2. The van der Waals surface area contributed by atoms with Crippen molar-refractivity contribution in [2.24, 2.45) is 0 Å². The van der Waals surface area contributed by atoms with Crippen LogP contribution in [0.15, 0.2) is 34.8 Å². The lowest BCUT2D eigenvalue weighted by Gasteiger charge is -2.22. The average molecular weight is 352 g/mol. The van der Waals surface area contributed by atoms with Crippen LogP contribution in [-0.4, -0.2) is 18.1 Å². The van der Waals surface area contributed by atoms with Crippen LogP contribution < -0.4 is 4.90 Å². The fraction of sp³-hybridized carbons (Fsp3) is 0.188. The summed E-state index contributed by atoms with van der Waals surface area (Å²) in [5.74, 6) is -1.75. The van der Waals surface area contributed by atoms with Gasteiger partial charge in [0.25, 0.3) is 0 Å². The van der Waals surface area contributed by atoms with Gasteiger partial charge in [-0.15, -0.1) is 0 Å². The maximum Gasteiger partial charge on any atom is 0.336 e. The van der Waals surface area contributed by atoms with Crippen LogP contribution in [0.4, 0.5) is 15.8 Å². The van der Waals surface area contributed by atoms with Crippen molar-refractivity contribution in [1.82, 2.24) is 0 Å². The third kappa shape index (κ3) is 3.08. The molecule has 1 N–H and O–H groups in total. The molecule has 0 spiro atoms. The first kappa shape index (κ1) is 15.5. The van der Waals surface area contributed by atoms with E-state index in [9.17, 15) is 9.18 Å². The van der Waals surface area contributed by atoms with Crippen LogP contribution in [0.5, 0.6) is 0 Å². The van der Waals surface area contributed by atoms with E-state index in [1.807, 2.05) is 32.0 Å². The van der Waals surface area contributed by atoms with E-state index < -0.39 is 11.8 Å². The topological polar surface area (TPSA) is 40.5 Å². The predicted octanol–water partition coefficient (Wildman–Crippen LogP) is 4.67. The summed E-state index contributed by atoms with van der Waals surface area (Å²) in [7, 11) is 1.75. The molecular weight excluding hydrogens is 337 g/mol. The summed E-state index contributed by atoms with van der Waals surface area (Å²) in [6.45, 7) is 3.95. The lowest BCUT2D eigenvalue weighted by atomic mass is 10.1. The van der Waals surface area contributed by atoms with Gasteiger partial charge in [-0.1, -0.05) is 6.07 Å². The Labute approximate surface area is 131 Å². The maximum absolute atomic E-state index is 14.4. The smallest absolute Gasteiger partial charge is 0.336 e. The molecule has 0 aliphatic heterocycles. The Bertz CT molecular complexity index is 695. The van der Waals surface area contributed by atoms with Crippen LogP contribution in [0.25, 0.3) is 0 Å². The first-order valence-corrected chi connectivity index (χ1v) is 7.14. The molecule has 0 aliphatic carbocycles. The molecule has 110 valence electrons. The number of hydrogen-bond donors (Lipinski definition) is 1. The van der Waals surface area contributed by atoms with E-state index in [0.717, 1.165) is 16.8 Å². The summed E-state index contributed by atoms with van der Waals surface area (Å²) in [6, 6.07) is 8.80. The van der Waals surface area contributed by atoms with E-state index in [4.69, 9.17) is 5.11 Å². The maximum atomic E-state index is 14.4. The quantitative estimate of drug-likeness (QED) is 0.873. The molecule has 0 saturated heterocycles. The molecule has 0 amide bonds. The number of carbonyl (C=O) groups is 1. The monoisotopic (exact) mass is 351 g/mol. The molecule has 0 fully saturated rings. The molecular formula is C16H15BrFNO2. The second-order valence-electron chi connectivity index (χ2n) is 4.97. The van der Waals surface area contributed by atoms with Crippen molar-refractivity contribution in [3.63, 3.8) is 0 Å². The Balaban J connectivity index is 2.51. The second kappa shape index (κ2) is 5.85. The molecule has 0 aliphatic rings. The zero-order valence-corrected chi connectivity index (χ0v) is 13.5. The van der Waals surface area contributed by atoms with Gasteiger partial charge in [-0.25, -0.2) is 9.18 Å². The highest BCUT2D eigenvalue weighted by molar-refractivity contribution is 9.10. The van der Waals surface area contributed by atoms with Gasteiger partial charge in [0.15, 0.2) is 5.82 Å². The molecule has 2 aromatic carbocycles. The van der Waals surface area contributed by atoms with Crippen molar-refractivity contribution in [3.8, 4) is 0 Å². The minimum absolute atomic E-state index is 0.0382. The number of rotatable bonds is 3. The number of aromatic carboxylic acids is 1. The number of halogens is 2. The molecule has 3 nitrogen and oxygen atoms in total. The van der Waals surface area contributed by atoms with Crippen molar-refractivity contribution in [2.75, 3.05) is 11.9 Å². The normalized spacial score (nSPS) is 10.5.